The van der Waals surface area contributed by atoms with Gasteiger partial charge in [-0.2, -0.15) is 0 Å². The largest absolute Gasteiger partial charge is 0.348 e. The Morgan fingerprint density at radius 3 is 2.35 bits per heavy atom. The maximum atomic E-state index is 12.6. The van der Waals surface area contributed by atoms with Gasteiger partial charge >= 0.3 is 0 Å². The van der Waals surface area contributed by atoms with Crippen molar-refractivity contribution in [1.82, 2.24) is 10.6 Å². The molecule has 2 amide bonds. The molecule has 156 valence electrons. The number of hydrogen-bond donors (Lipinski definition) is 3. The zero-order chi connectivity index (χ0) is 22.1. The highest BCUT2D eigenvalue weighted by molar-refractivity contribution is 7.80. The van der Waals surface area contributed by atoms with Gasteiger partial charge in [0.25, 0.3) is 5.91 Å². The summed E-state index contributed by atoms with van der Waals surface area (Å²) in [6, 6.07) is 23.7. The molecule has 5 nitrogen and oxygen atoms in total. The molecule has 31 heavy (non-hydrogen) atoms. The van der Waals surface area contributed by atoms with Crippen molar-refractivity contribution in [3.63, 3.8) is 0 Å². The summed E-state index contributed by atoms with van der Waals surface area (Å²) in [5.41, 5.74) is 2.63. The molecule has 3 rings (SSSR count). The smallest absolute Gasteiger partial charge is 0.253 e. The van der Waals surface area contributed by atoms with E-state index in [9.17, 15) is 9.59 Å². The van der Waals surface area contributed by atoms with Gasteiger partial charge < -0.3 is 10.6 Å². The minimum atomic E-state index is -0.413. The van der Waals surface area contributed by atoms with Gasteiger partial charge in [-0.25, -0.2) is 0 Å². The average Bonchev–Trinajstić information content (AvgIpc) is 2.78. The van der Waals surface area contributed by atoms with Crippen molar-refractivity contribution in [2.24, 2.45) is 0 Å². The number of benzene rings is 3. The summed E-state index contributed by atoms with van der Waals surface area (Å²) in [4.78, 5) is 24.8. The number of rotatable bonds is 6. The fourth-order valence-corrected chi connectivity index (χ4v) is 3.16. The molecule has 0 fully saturated rings. The summed E-state index contributed by atoms with van der Waals surface area (Å²) < 4.78 is 0. The van der Waals surface area contributed by atoms with Crippen LogP contribution >= 0.6 is 23.8 Å². The SMILES string of the molecule is O=C(/C=C/c1ccccc1Cl)NC(=S)Nc1ccccc1C(=O)NCc1ccccc1. The molecule has 0 aliphatic rings. The van der Waals surface area contributed by atoms with E-state index in [0.717, 1.165) is 11.1 Å². The van der Waals surface area contributed by atoms with E-state index in [1.54, 1.807) is 42.5 Å². The summed E-state index contributed by atoms with van der Waals surface area (Å²) >= 11 is 11.3. The predicted molar refractivity (Wildman–Crippen MR) is 129 cm³/mol. The number of thiocarbonyl (C=S) groups is 1. The molecular weight excluding hydrogens is 430 g/mol. The molecule has 0 aliphatic heterocycles. The fourth-order valence-electron chi connectivity index (χ4n) is 2.75. The Balaban J connectivity index is 1.59. The van der Waals surface area contributed by atoms with Crippen molar-refractivity contribution in [2.45, 2.75) is 6.54 Å². The lowest BCUT2D eigenvalue weighted by Crippen LogP contribution is -2.33. The third-order valence-corrected chi connectivity index (χ3v) is 4.82. The second-order valence-corrected chi connectivity index (χ2v) is 7.33. The standard InChI is InChI=1S/C24H20ClN3O2S/c25-20-12-6-4-10-18(20)14-15-22(29)28-24(31)27-21-13-7-5-11-19(21)23(30)26-16-17-8-2-1-3-9-17/h1-15H,16H2,(H,26,30)(H2,27,28,29,31)/b15-14+. The molecule has 0 spiro atoms. The van der Waals surface area contributed by atoms with Crippen LogP contribution in [0.3, 0.4) is 0 Å². The Morgan fingerprint density at radius 2 is 1.58 bits per heavy atom. The third-order valence-electron chi connectivity index (χ3n) is 4.27. The van der Waals surface area contributed by atoms with E-state index in [1.807, 2.05) is 42.5 Å². The van der Waals surface area contributed by atoms with E-state index in [0.29, 0.717) is 22.8 Å². The minimum absolute atomic E-state index is 0.0807. The maximum Gasteiger partial charge on any atom is 0.253 e. The highest BCUT2D eigenvalue weighted by Gasteiger charge is 2.12. The van der Waals surface area contributed by atoms with Gasteiger partial charge in [-0.3, -0.25) is 14.9 Å². The Hall–Kier alpha value is -3.48. The molecule has 7 heteroatoms. The van der Waals surface area contributed by atoms with E-state index in [4.69, 9.17) is 23.8 Å². The van der Waals surface area contributed by atoms with Crippen LogP contribution in [0.2, 0.25) is 5.02 Å². The highest BCUT2D eigenvalue weighted by atomic mass is 35.5. The summed E-state index contributed by atoms with van der Waals surface area (Å²) in [5, 5.41) is 8.98. The molecule has 3 N–H and O–H groups in total. The second kappa shape index (κ2) is 11.1. The Morgan fingerprint density at radius 1 is 0.903 bits per heavy atom. The quantitative estimate of drug-likeness (QED) is 0.373. The second-order valence-electron chi connectivity index (χ2n) is 6.51. The van der Waals surface area contributed by atoms with E-state index in [-0.39, 0.29) is 11.0 Å². The fraction of sp³-hybridized carbons (Fsp3) is 0.0417. The molecule has 0 bridgehead atoms. The maximum absolute atomic E-state index is 12.6. The van der Waals surface area contributed by atoms with Crippen LogP contribution in [0.4, 0.5) is 5.69 Å². The normalized spacial score (nSPS) is 10.5. The number of amides is 2. The Bertz CT molecular complexity index is 1120. The van der Waals surface area contributed by atoms with Gasteiger partial charge in [-0.05, 0) is 47.6 Å². The van der Waals surface area contributed by atoms with Crippen molar-refractivity contribution in [2.75, 3.05) is 5.32 Å². The van der Waals surface area contributed by atoms with E-state index in [1.165, 1.54) is 6.08 Å². The summed E-state index contributed by atoms with van der Waals surface area (Å²) in [5.74, 6) is -0.664. The molecule has 0 aromatic heterocycles. The van der Waals surface area contributed by atoms with Gasteiger partial charge in [0.15, 0.2) is 5.11 Å². The van der Waals surface area contributed by atoms with Crippen LogP contribution in [0.5, 0.6) is 0 Å². The zero-order valence-corrected chi connectivity index (χ0v) is 18.0. The minimum Gasteiger partial charge on any atom is -0.348 e. The topological polar surface area (TPSA) is 70.2 Å². The molecule has 3 aromatic carbocycles. The van der Waals surface area contributed by atoms with E-state index in [2.05, 4.69) is 16.0 Å². The average molecular weight is 450 g/mol. The van der Waals surface area contributed by atoms with Crippen molar-refractivity contribution < 1.29 is 9.59 Å². The van der Waals surface area contributed by atoms with E-state index < -0.39 is 5.91 Å². The Labute approximate surface area is 191 Å². The summed E-state index contributed by atoms with van der Waals surface area (Å²) in [6.07, 6.45) is 2.94. The summed E-state index contributed by atoms with van der Waals surface area (Å²) in [7, 11) is 0. The molecule has 0 saturated carbocycles. The molecule has 3 aromatic rings. The van der Waals surface area contributed by atoms with Crippen LogP contribution in [0.1, 0.15) is 21.5 Å². The molecule has 0 atom stereocenters. The van der Waals surface area contributed by atoms with Gasteiger partial charge in [0.05, 0.1) is 11.3 Å². The first-order valence-corrected chi connectivity index (χ1v) is 10.3. The van der Waals surface area contributed by atoms with Crippen LogP contribution in [-0.4, -0.2) is 16.9 Å². The zero-order valence-electron chi connectivity index (χ0n) is 16.5. The van der Waals surface area contributed by atoms with Gasteiger partial charge in [0.1, 0.15) is 0 Å². The predicted octanol–water partition coefficient (Wildman–Crippen LogP) is 4.80. The first kappa shape index (κ1) is 22.2. The number of carbonyl (C=O) groups excluding carboxylic acids is 2. The number of carbonyl (C=O) groups is 2. The van der Waals surface area contributed by atoms with Gasteiger partial charge in [0, 0.05) is 17.6 Å². The number of halogens is 1. The van der Waals surface area contributed by atoms with Crippen molar-refractivity contribution >= 4 is 52.5 Å². The molecular formula is C24H20ClN3O2S. The number of nitrogens with one attached hydrogen (secondary N) is 3. The number of anilines is 1. The molecule has 0 unspecified atom stereocenters. The van der Waals surface area contributed by atoms with Gasteiger partial charge in [-0.15, -0.1) is 0 Å². The van der Waals surface area contributed by atoms with Crippen LogP contribution in [0.25, 0.3) is 6.08 Å². The summed E-state index contributed by atoms with van der Waals surface area (Å²) in [6.45, 7) is 0.405. The highest BCUT2D eigenvalue weighted by Crippen LogP contribution is 2.17. The lowest BCUT2D eigenvalue weighted by molar-refractivity contribution is -0.115. The monoisotopic (exact) mass is 449 g/mol. The van der Waals surface area contributed by atoms with Gasteiger partial charge in [0.2, 0.25) is 5.91 Å². The van der Waals surface area contributed by atoms with Crippen LogP contribution in [-0.2, 0) is 11.3 Å². The lowest BCUT2D eigenvalue weighted by Gasteiger charge is -2.13. The molecule has 0 radical (unpaired) electrons. The lowest BCUT2D eigenvalue weighted by atomic mass is 10.1. The van der Waals surface area contributed by atoms with Crippen molar-refractivity contribution in [3.05, 3.63) is 107 Å². The molecule has 0 heterocycles. The van der Waals surface area contributed by atoms with Gasteiger partial charge in [-0.1, -0.05) is 72.3 Å². The Kier molecular flexibility index (Phi) is 7.92. The van der Waals surface area contributed by atoms with Crippen LogP contribution in [0.15, 0.2) is 84.9 Å². The van der Waals surface area contributed by atoms with Crippen LogP contribution < -0.4 is 16.0 Å². The first-order valence-electron chi connectivity index (χ1n) is 9.48. The van der Waals surface area contributed by atoms with E-state index >= 15 is 0 Å². The van der Waals surface area contributed by atoms with Crippen LogP contribution in [0, 0.1) is 0 Å². The molecule has 0 saturated heterocycles. The number of hydrogen-bond acceptors (Lipinski definition) is 3. The van der Waals surface area contributed by atoms with Crippen molar-refractivity contribution in [1.29, 1.82) is 0 Å². The molecule has 0 aliphatic carbocycles. The number of para-hydroxylation sites is 1. The first-order chi connectivity index (χ1) is 15.0. The third kappa shape index (κ3) is 6.77. The van der Waals surface area contributed by atoms with Crippen molar-refractivity contribution in [3.8, 4) is 0 Å².